The second-order valence-electron chi connectivity index (χ2n) is 3.80. The number of rotatable bonds is 6. The highest BCUT2D eigenvalue weighted by Crippen LogP contribution is 2.31. The Balaban J connectivity index is 2.93. The smallest absolute Gasteiger partial charge is 0.164 e. The third-order valence-corrected chi connectivity index (χ3v) is 2.41. The van der Waals surface area contributed by atoms with Gasteiger partial charge >= 0.3 is 0 Å². The van der Waals surface area contributed by atoms with Crippen molar-refractivity contribution in [1.82, 2.24) is 0 Å². The van der Waals surface area contributed by atoms with Crippen LogP contribution < -0.4 is 15.2 Å². The number of hydrogen-bond donors (Lipinski definition) is 1. The Kier molecular flexibility index (Phi) is 5.87. The predicted octanol–water partition coefficient (Wildman–Crippen LogP) is 2.72. The summed E-state index contributed by atoms with van der Waals surface area (Å²) in [7, 11) is 1.62. The molecular weight excluding hydrogens is 238 g/mol. The lowest BCUT2D eigenvalue weighted by Crippen LogP contribution is -2.18. The second kappa shape index (κ2) is 7.20. The monoisotopic (exact) mass is 255 g/mol. The Bertz CT molecular complexity index is 378. The molecule has 94 valence electrons. The molecule has 3 nitrogen and oxygen atoms in total. The topological polar surface area (TPSA) is 44.5 Å². The van der Waals surface area contributed by atoms with Crippen molar-refractivity contribution in [2.75, 3.05) is 13.7 Å². The van der Waals surface area contributed by atoms with E-state index in [0.29, 0.717) is 12.4 Å². The molecular formula is C13H18ClNO2. The zero-order chi connectivity index (χ0) is 12.7. The number of benzene rings is 1. The average molecular weight is 256 g/mol. The zero-order valence-electron chi connectivity index (χ0n) is 10.2. The molecule has 0 spiro atoms. The van der Waals surface area contributed by atoms with E-state index < -0.39 is 0 Å². The van der Waals surface area contributed by atoms with Crippen molar-refractivity contribution in [1.29, 1.82) is 0 Å². The van der Waals surface area contributed by atoms with E-state index in [4.69, 9.17) is 26.8 Å². The van der Waals surface area contributed by atoms with Gasteiger partial charge in [-0.2, -0.15) is 0 Å². The highest BCUT2D eigenvalue weighted by atomic mass is 35.5. The molecule has 0 heterocycles. The fraction of sp³-hybridized carbons (Fsp3) is 0.385. The molecule has 1 atom stereocenters. The Morgan fingerprint density at radius 3 is 2.82 bits per heavy atom. The summed E-state index contributed by atoms with van der Waals surface area (Å²) in [6, 6.07) is 5.87. The van der Waals surface area contributed by atoms with E-state index in [9.17, 15) is 0 Å². The normalized spacial score (nSPS) is 12.7. The molecule has 0 saturated carbocycles. The fourth-order valence-electron chi connectivity index (χ4n) is 1.56. The molecule has 4 heteroatoms. The molecule has 1 aromatic rings. The van der Waals surface area contributed by atoms with Crippen LogP contribution in [0.3, 0.4) is 0 Å². The summed E-state index contributed by atoms with van der Waals surface area (Å²) in [4.78, 5) is 0. The minimum absolute atomic E-state index is 0.0769. The van der Waals surface area contributed by atoms with Gasteiger partial charge in [0.25, 0.3) is 0 Å². The summed E-state index contributed by atoms with van der Waals surface area (Å²) in [5, 5.41) is 0. The molecule has 1 rings (SSSR count). The van der Waals surface area contributed by atoms with Gasteiger partial charge in [0.2, 0.25) is 0 Å². The summed E-state index contributed by atoms with van der Waals surface area (Å²) in [5.74, 6) is 1.45. The van der Waals surface area contributed by atoms with Crippen LogP contribution >= 0.6 is 11.6 Å². The number of methoxy groups -OCH3 is 1. The number of nitrogens with two attached hydrogens (primary N) is 1. The minimum Gasteiger partial charge on any atom is -0.493 e. The fourth-order valence-corrected chi connectivity index (χ4v) is 1.63. The van der Waals surface area contributed by atoms with Crippen LogP contribution in [0.2, 0.25) is 0 Å². The lowest BCUT2D eigenvalue weighted by molar-refractivity contribution is 0.322. The number of para-hydroxylation sites is 1. The maximum Gasteiger partial charge on any atom is 0.164 e. The van der Waals surface area contributed by atoms with E-state index in [1.54, 1.807) is 13.2 Å². The van der Waals surface area contributed by atoms with E-state index in [1.165, 1.54) is 5.54 Å². The van der Waals surface area contributed by atoms with Crippen molar-refractivity contribution in [2.45, 2.75) is 19.4 Å². The quantitative estimate of drug-likeness (QED) is 0.850. The van der Waals surface area contributed by atoms with Crippen molar-refractivity contribution in [3.8, 4) is 11.5 Å². The van der Waals surface area contributed by atoms with Gasteiger partial charge in [0.15, 0.2) is 11.5 Å². The van der Waals surface area contributed by atoms with E-state index in [-0.39, 0.29) is 6.04 Å². The molecule has 1 unspecified atom stereocenters. The van der Waals surface area contributed by atoms with Gasteiger partial charge in [0.05, 0.1) is 7.11 Å². The Morgan fingerprint density at radius 2 is 2.24 bits per heavy atom. The number of ether oxygens (including phenoxy) is 2. The summed E-state index contributed by atoms with van der Waals surface area (Å²) in [6.07, 6.45) is 2.47. The first kappa shape index (κ1) is 13.9. The summed E-state index contributed by atoms with van der Waals surface area (Å²) in [5.41, 5.74) is 8.28. The lowest BCUT2D eigenvalue weighted by atomic mass is 10.1. The van der Waals surface area contributed by atoms with Crippen molar-refractivity contribution in [2.24, 2.45) is 5.73 Å². The highest BCUT2D eigenvalue weighted by Gasteiger charge is 2.11. The van der Waals surface area contributed by atoms with E-state index >= 15 is 0 Å². The molecule has 0 radical (unpaired) electrons. The van der Waals surface area contributed by atoms with Crippen molar-refractivity contribution in [3.05, 3.63) is 35.4 Å². The Labute approximate surface area is 107 Å². The minimum atomic E-state index is 0.0769. The van der Waals surface area contributed by atoms with Gasteiger partial charge in [-0.25, -0.2) is 0 Å². The number of halogens is 1. The van der Waals surface area contributed by atoms with Crippen LogP contribution in [0.15, 0.2) is 29.8 Å². The molecule has 0 amide bonds. The Hall–Kier alpha value is -1.19. The summed E-state index contributed by atoms with van der Waals surface area (Å²) < 4.78 is 10.9. The molecule has 0 bridgehead atoms. The predicted molar refractivity (Wildman–Crippen MR) is 70.8 cm³/mol. The van der Waals surface area contributed by atoms with Gasteiger partial charge in [-0.15, -0.1) is 0 Å². The van der Waals surface area contributed by atoms with Gasteiger partial charge in [0, 0.05) is 11.6 Å². The third-order valence-electron chi connectivity index (χ3n) is 2.24. The largest absolute Gasteiger partial charge is 0.493 e. The van der Waals surface area contributed by atoms with Crippen molar-refractivity contribution in [3.63, 3.8) is 0 Å². The first-order valence-electron chi connectivity index (χ1n) is 5.48. The van der Waals surface area contributed by atoms with E-state index in [0.717, 1.165) is 17.7 Å². The van der Waals surface area contributed by atoms with Crippen LogP contribution in [0, 0.1) is 0 Å². The standard InChI is InChI=1S/C13H18ClNO2/c1-10(15)9-11-5-3-6-12(16-2)13(11)17-8-4-7-14/h3-7,10H,8-9,15H2,1-2H3/b7-4+. The first-order chi connectivity index (χ1) is 8.19. The molecule has 2 N–H and O–H groups in total. The van der Waals surface area contributed by atoms with Crippen molar-refractivity contribution < 1.29 is 9.47 Å². The van der Waals surface area contributed by atoms with E-state index in [2.05, 4.69) is 0 Å². The maximum absolute atomic E-state index is 5.81. The molecule has 0 aliphatic rings. The van der Waals surface area contributed by atoms with Crippen LogP contribution in [0.1, 0.15) is 12.5 Å². The van der Waals surface area contributed by atoms with Gasteiger partial charge in [-0.3, -0.25) is 0 Å². The molecule has 0 saturated heterocycles. The molecule has 0 fully saturated rings. The third kappa shape index (κ3) is 4.29. The van der Waals surface area contributed by atoms with Crippen molar-refractivity contribution >= 4 is 11.6 Å². The summed E-state index contributed by atoms with van der Waals surface area (Å²) in [6.45, 7) is 2.37. The van der Waals surface area contributed by atoms with Gasteiger partial charge in [-0.05, 0) is 31.1 Å². The molecule has 0 aliphatic heterocycles. The Morgan fingerprint density at radius 1 is 1.47 bits per heavy atom. The SMILES string of the molecule is COc1cccc(CC(C)N)c1OC/C=C/Cl. The van der Waals surface area contributed by atoms with E-state index in [1.807, 2.05) is 25.1 Å². The van der Waals surface area contributed by atoms with Crippen LogP contribution in [0.4, 0.5) is 0 Å². The lowest BCUT2D eigenvalue weighted by Gasteiger charge is -2.15. The maximum atomic E-state index is 5.81. The average Bonchev–Trinajstić information content (AvgIpc) is 2.30. The van der Waals surface area contributed by atoms with Crippen LogP contribution in [0.5, 0.6) is 11.5 Å². The molecule has 17 heavy (non-hydrogen) atoms. The highest BCUT2D eigenvalue weighted by molar-refractivity contribution is 6.25. The van der Waals surface area contributed by atoms with Gasteiger partial charge in [-0.1, -0.05) is 23.7 Å². The molecule has 0 aromatic heterocycles. The second-order valence-corrected chi connectivity index (χ2v) is 4.05. The van der Waals surface area contributed by atoms with Gasteiger partial charge < -0.3 is 15.2 Å². The van der Waals surface area contributed by atoms with Gasteiger partial charge in [0.1, 0.15) is 6.61 Å². The first-order valence-corrected chi connectivity index (χ1v) is 5.92. The van der Waals surface area contributed by atoms with Crippen LogP contribution in [-0.4, -0.2) is 19.8 Å². The zero-order valence-corrected chi connectivity index (χ0v) is 10.9. The number of hydrogen-bond acceptors (Lipinski definition) is 3. The molecule has 0 aliphatic carbocycles. The summed E-state index contributed by atoms with van der Waals surface area (Å²) >= 11 is 5.45. The van der Waals surface area contributed by atoms with Crippen LogP contribution in [0.25, 0.3) is 0 Å². The molecule has 1 aromatic carbocycles. The van der Waals surface area contributed by atoms with Crippen LogP contribution in [-0.2, 0) is 6.42 Å².